The maximum absolute atomic E-state index is 13.0. The lowest BCUT2D eigenvalue weighted by Crippen LogP contribution is -2.06. The zero-order valence-electron chi connectivity index (χ0n) is 12.6. The minimum Gasteiger partial charge on any atom is -0.488 e. The molecule has 122 valence electrons. The fourth-order valence-corrected chi connectivity index (χ4v) is 2.29. The Bertz CT molecular complexity index is 802. The summed E-state index contributed by atoms with van der Waals surface area (Å²) in [7, 11) is 0. The number of nitrogens with zero attached hydrogens (tertiary/aromatic N) is 1. The Hall–Kier alpha value is -2.82. The highest BCUT2D eigenvalue weighted by Gasteiger charge is 2.31. The second-order valence-corrected chi connectivity index (χ2v) is 5.20. The number of ether oxygens (including phenoxy) is 1. The molecule has 0 spiro atoms. The fraction of sp³-hybridized carbons (Fsp3) is 0.105. The minimum atomic E-state index is -4.42. The topological polar surface area (TPSA) is 22.1 Å². The highest BCUT2D eigenvalue weighted by molar-refractivity contribution is 5.68. The first kappa shape index (κ1) is 16.1. The third kappa shape index (κ3) is 3.74. The van der Waals surface area contributed by atoms with Crippen LogP contribution in [-0.2, 0) is 12.8 Å². The van der Waals surface area contributed by atoms with Crippen LogP contribution in [0.15, 0.2) is 72.9 Å². The molecule has 0 aliphatic carbocycles. The first-order valence-electron chi connectivity index (χ1n) is 7.33. The Kier molecular flexibility index (Phi) is 4.51. The number of hydrogen-bond acceptors (Lipinski definition) is 2. The van der Waals surface area contributed by atoms with Gasteiger partial charge in [0.2, 0.25) is 0 Å². The molecule has 0 amide bonds. The lowest BCUT2D eigenvalue weighted by Gasteiger charge is -2.14. The van der Waals surface area contributed by atoms with Gasteiger partial charge in [-0.15, -0.1) is 0 Å². The number of rotatable bonds is 4. The number of benzene rings is 2. The number of pyridine rings is 1. The van der Waals surface area contributed by atoms with Gasteiger partial charge in [-0.1, -0.05) is 36.4 Å². The van der Waals surface area contributed by atoms with E-state index in [9.17, 15) is 13.2 Å². The van der Waals surface area contributed by atoms with Crippen molar-refractivity contribution in [2.24, 2.45) is 0 Å². The van der Waals surface area contributed by atoms with Gasteiger partial charge in [-0.25, -0.2) is 0 Å². The molecule has 0 N–H and O–H groups in total. The van der Waals surface area contributed by atoms with Crippen molar-refractivity contribution in [1.82, 2.24) is 4.98 Å². The zero-order valence-corrected chi connectivity index (χ0v) is 12.6. The first-order chi connectivity index (χ1) is 11.5. The predicted molar refractivity (Wildman–Crippen MR) is 85.4 cm³/mol. The summed E-state index contributed by atoms with van der Waals surface area (Å²) in [6.45, 7) is 0.270. The molecule has 0 aliphatic rings. The van der Waals surface area contributed by atoms with E-state index in [1.165, 1.54) is 12.3 Å². The normalized spacial score (nSPS) is 11.3. The average Bonchev–Trinajstić information content (AvgIpc) is 2.61. The van der Waals surface area contributed by atoms with E-state index < -0.39 is 11.7 Å². The van der Waals surface area contributed by atoms with Crippen molar-refractivity contribution in [2.75, 3.05) is 0 Å². The van der Waals surface area contributed by atoms with Crippen LogP contribution in [0.25, 0.3) is 11.3 Å². The quantitative estimate of drug-likeness (QED) is 0.644. The maximum Gasteiger partial charge on any atom is 0.416 e. The van der Waals surface area contributed by atoms with Crippen molar-refractivity contribution in [1.29, 1.82) is 0 Å². The van der Waals surface area contributed by atoms with Crippen molar-refractivity contribution >= 4 is 0 Å². The third-order valence-electron chi connectivity index (χ3n) is 3.48. The Labute approximate surface area is 137 Å². The Morgan fingerprint density at radius 2 is 1.62 bits per heavy atom. The average molecular weight is 329 g/mol. The number of aromatic nitrogens is 1. The fourth-order valence-electron chi connectivity index (χ4n) is 2.29. The largest absolute Gasteiger partial charge is 0.488 e. The van der Waals surface area contributed by atoms with Crippen molar-refractivity contribution in [3.63, 3.8) is 0 Å². The monoisotopic (exact) mass is 329 g/mol. The van der Waals surface area contributed by atoms with Crippen molar-refractivity contribution < 1.29 is 17.9 Å². The van der Waals surface area contributed by atoms with Crippen LogP contribution < -0.4 is 4.74 Å². The van der Waals surface area contributed by atoms with Crippen molar-refractivity contribution in [2.45, 2.75) is 12.8 Å². The third-order valence-corrected chi connectivity index (χ3v) is 3.48. The van der Waals surface area contributed by atoms with Gasteiger partial charge in [0.25, 0.3) is 0 Å². The Morgan fingerprint density at radius 3 is 2.29 bits per heavy atom. The number of alkyl halides is 3. The molecule has 0 saturated heterocycles. The minimum absolute atomic E-state index is 0.270. The molecule has 5 heteroatoms. The van der Waals surface area contributed by atoms with Gasteiger partial charge in [-0.05, 0) is 35.9 Å². The van der Waals surface area contributed by atoms with Gasteiger partial charge in [-0.3, -0.25) is 4.98 Å². The van der Waals surface area contributed by atoms with E-state index in [-0.39, 0.29) is 6.61 Å². The molecule has 0 saturated carbocycles. The molecular weight excluding hydrogens is 315 g/mol. The van der Waals surface area contributed by atoms with Crippen LogP contribution in [0.3, 0.4) is 0 Å². The number of hydrogen-bond donors (Lipinski definition) is 0. The molecule has 3 rings (SSSR count). The summed E-state index contributed by atoms with van der Waals surface area (Å²) < 4.78 is 44.8. The van der Waals surface area contributed by atoms with Crippen LogP contribution in [0.2, 0.25) is 0 Å². The van der Waals surface area contributed by atoms with Gasteiger partial charge < -0.3 is 4.74 Å². The SMILES string of the molecule is FC(F)(F)c1ccc(OCc2ccccc2)c(-c2ccccn2)c1. The van der Waals surface area contributed by atoms with E-state index in [2.05, 4.69) is 4.98 Å². The zero-order chi connectivity index (χ0) is 17.0. The molecule has 2 aromatic carbocycles. The van der Waals surface area contributed by atoms with Crippen LogP contribution in [0.1, 0.15) is 11.1 Å². The lowest BCUT2D eigenvalue weighted by molar-refractivity contribution is -0.137. The van der Waals surface area contributed by atoms with Gasteiger partial charge in [0, 0.05) is 11.8 Å². The van der Waals surface area contributed by atoms with Crippen LogP contribution >= 0.6 is 0 Å². The van der Waals surface area contributed by atoms with Crippen molar-refractivity contribution in [3.8, 4) is 17.0 Å². The molecule has 0 bridgehead atoms. The van der Waals surface area contributed by atoms with Gasteiger partial charge in [0.15, 0.2) is 0 Å². The molecule has 0 aliphatic heterocycles. The van der Waals surface area contributed by atoms with E-state index in [1.54, 1.807) is 18.2 Å². The van der Waals surface area contributed by atoms with Crippen LogP contribution in [0, 0.1) is 0 Å². The molecule has 1 aromatic heterocycles. The molecule has 0 unspecified atom stereocenters. The summed E-state index contributed by atoms with van der Waals surface area (Å²) in [5.74, 6) is 0.366. The van der Waals surface area contributed by atoms with Crippen molar-refractivity contribution in [3.05, 3.63) is 84.1 Å². The summed E-state index contributed by atoms with van der Waals surface area (Å²) >= 11 is 0. The Balaban J connectivity index is 1.96. The van der Waals surface area contributed by atoms with Gasteiger partial charge in [0.1, 0.15) is 12.4 Å². The summed E-state index contributed by atoms with van der Waals surface area (Å²) in [5.41, 5.74) is 0.965. The van der Waals surface area contributed by atoms with E-state index in [1.807, 2.05) is 30.3 Å². The van der Waals surface area contributed by atoms with Crippen LogP contribution in [0.4, 0.5) is 13.2 Å². The summed E-state index contributed by atoms with van der Waals surface area (Å²) in [5, 5.41) is 0. The predicted octanol–water partition coefficient (Wildman–Crippen LogP) is 5.35. The summed E-state index contributed by atoms with van der Waals surface area (Å²) in [4.78, 5) is 4.14. The van der Waals surface area contributed by atoms with E-state index in [0.717, 1.165) is 17.7 Å². The van der Waals surface area contributed by atoms with Crippen LogP contribution in [-0.4, -0.2) is 4.98 Å². The molecule has 24 heavy (non-hydrogen) atoms. The molecular formula is C19H14F3NO. The molecule has 0 radical (unpaired) electrons. The molecule has 3 aromatic rings. The highest BCUT2D eigenvalue weighted by Crippen LogP contribution is 2.36. The molecule has 2 nitrogen and oxygen atoms in total. The molecule has 1 heterocycles. The van der Waals surface area contributed by atoms with Gasteiger partial charge >= 0.3 is 6.18 Å². The second kappa shape index (κ2) is 6.74. The number of halogens is 3. The van der Waals surface area contributed by atoms with E-state index in [0.29, 0.717) is 17.0 Å². The second-order valence-electron chi connectivity index (χ2n) is 5.20. The standard InChI is InChI=1S/C19H14F3NO/c20-19(21,22)15-9-10-18(24-13-14-6-2-1-3-7-14)16(12-15)17-8-4-5-11-23-17/h1-12H,13H2. The summed E-state index contributed by atoms with van der Waals surface area (Å²) in [6.07, 6.45) is -2.88. The Morgan fingerprint density at radius 1 is 0.875 bits per heavy atom. The molecule has 0 fully saturated rings. The lowest BCUT2D eigenvalue weighted by atomic mass is 10.1. The first-order valence-corrected chi connectivity index (χ1v) is 7.33. The smallest absolute Gasteiger partial charge is 0.416 e. The van der Waals surface area contributed by atoms with Gasteiger partial charge in [-0.2, -0.15) is 13.2 Å². The highest BCUT2D eigenvalue weighted by atomic mass is 19.4. The molecule has 0 atom stereocenters. The summed E-state index contributed by atoms with van der Waals surface area (Å²) in [6, 6.07) is 18.0. The maximum atomic E-state index is 13.0. The van der Waals surface area contributed by atoms with E-state index >= 15 is 0 Å². The van der Waals surface area contributed by atoms with E-state index in [4.69, 9.17) is 4.74 Å². The van der Waals surface area contributed by atoms with Crippen LogP contribution in [0.5, 0.6) is 5.75 Å². The van der Waals surface area contributed by atoms with Gasteiger partial charge in [0.05, 0.1) is 11.3 Å².